The number of sulfonamides is 1. The van der Waals surface area contributed by atoms with Crippen LogP contribution in [0, 0.1) is 12.8 Å². The van der Waals surface area contributed by atoms with Crippen LogP contribution in [0.15, 0.2) is 77.7 Å². The molecule has 1 atom stereocenters. The summed E-state index contributed by atoms with van der Waals surface area (Å²) in [5.41, 5.74) is 2.54. The maximum atomic E-state index is 13.3. The van der Waals surface area contributed by atoms with E-state index in [9.17, 15) is 13.2 Å². The molecular weight excluding hydrogens is 464 g/mol. The van der Waals surface area contributed by atoms with Gasteiger partial charge in [-0.15, -0.1) is 0 Å². The van der Waals surface area contributed by atoms with Crippen LogP contribution in [0.1, 0.15) is 24.0 Å². The molecule has 0 unspecified atom stereocenters. The van der Waals surface area contributed by atoms with Gasteiger partial charge >= 0.3 is 0 Å². The van der Waals surface area contributed by atoms with Crippen LogP contribution in [-0.2, 0) is 21.4 Å². The second-order valence-corrected chi connectivity index (χ2v) is 10.6. The van der Waals surface area contributed by atoms with E-state index in [1.165, 1.54) is 11.4 Å². The number of rotatable bonds is 8. The van der Waals surface area contributed by atoms with Crippen LogP contribution in [0.2, 0.25) is 0 Å². The van der Waals surface area contributed by atoms with Crippen LogP contribution < -0.4 is 14.8 Å². The number of hydrogen-bond donors (Lipinski definition) is 1. The Morgan fingerprint density at radius 1 is 1.06 bits per heavy atom. The lowest BCUT2D eigenvalue weighted by molar-refractivity contribution is -0.120. The molecule has 0 aliphatic carbocycles. The Labute approximate surface area is 206 Å². The summed E-state index contributed by atoms with van der Waals surface area (Å²) >= 11 is 0. The molecule has 7 nitrogen and oxygen atoms in total. The van der Waals surface area contributed by atoms with Crippen molar-refractivity contribution in [2.45, 2.75) is 31.3 Å². The van der Waals surface area contributed by atoms with Crippen LogP contribution >= 0.6 is 0 Å². The zero-order valence-electron chi connectivity index (χ0n) is 19.9. The maximum Gasteiger partial charge on any atom is 0.246 e. The van der Waals surface area contributed by atoms with E-state index in [-0.39, 0.29) is 17.3 Å². The standard InChI is InChI=1S/C27H30N2O5S/c1-20-10-15-25(33-2)26(17-20)35(31,32)29-16-6-9-22(18-29)27(30)28-23-11-13-24(14-12-23)34-19-21-7-4-3-5-8-21/h3-5,7-8,10-15,17,22H,6,9,16,18-19H2,1-2H3,(H,28,30)/t22-/m1/s1. The molecule has 1 saturated heterocycles. The molecule has 0 bridgehead atoms. The number of carbonyl (C=O) groups is 1. The number of methoxy groups -OCH3 is 1. The summed E-state index contributed by atoms with van der Waals surface area (Å²) in [7, 11) is -2.34. The van der Waals surface area contributed by atoms with Gasteiger partial charge in [0, 0.05) is 18.8 Å². The van der Waals surface area contributed by atoms with Gasteiger partial charge in [0.05, 0.1) is 13.0 Å². The summed E-state index contributed by atoms with van der Waals surface area (Å²) in [5.74, 6) is 0.369. The summed E-state index contributed by atoms with van der Waals surface area (Å²) in [6.07, 6.45) is 1.23. The van der Waals surface area contributed by atoms with Crippen LogP contribution in [0.5, 0.6) is 11.5 Å². The largest absolute Gasteiger partial charge is 0.495 e. The van der Waals surface area contributed by atoms with E-state index >= 15 is 0 Å². The number of anilines is 1. The van der Waals surface area contributed by atoms with Gasteiger partial charge in [0.1, 0.15) is 23.0 Å². The minimum atomic E-state index is -3.79. The maximum absolute atomic E-state index is 13.3. The van der Waals surface area contributed by atoms with E-state index in [4.69, 9.17) is 9.47 Å². The van der Waals surface area contributed by atoms with Crippen molar-refractivity contribution in [2.75, 3.05) is 25.5 Å². The van der Waals surface area contributed by atoms with Gasteiger partial charge in [-0.25, -0.2) is 8.42 Å². The molecule has 3 aromatic carbocycles. The summed E-state index contributed by atoms with van der Waals surface area (Å²) < 4.78 is 39.2. The molecule has 184 valence electrons. The summed E-state index contributed by atoms with van der Waals surface area (Å²) in [5, 5.41) is 2.92. The normalized spacial score (nSPS) is 16.5. The van der Waals surface area contributed by atoms with Crippen molar-refractivity contribution in [3.8, 4) is 11.5 Å². The first-order valence-electron chi connectivity index (χ1n) is 11.6. The smallest absolute Gasteiger partial charge is 0.246 e. The van der Waals surface area contributed by atoms with Crippen LogP contribution in [0.3, 0.4) is 0 Å². The van der Waals surface area contributed by atoms with Crippen LogP contribution in [0.25, 0.3) is 0 Å². The summed E-state index contributed by atoms with van der Waals surface area (Å²) in [6.45, 7) is 2.80. The molecule has 8 heteroatoms. The van der Waals surface area contributed by atoms with E-state index in [1.54, 1.807) is 36.4 Å². The number of benzene rings is 3. The SMILES string of the molecule is COc1ccc(C)cc1S(=O)(=O)N1CCC[C@@H](C(=O)Nc2ccc(OCc3ccccc3)cc2)C1. The Bertz CT molecular complexity index is 1260. The highest BCUT2D eigenvalue weighted by atomic mass is 32.2. The number of nitrogens with zero attached hydrogens (tertiary/aromatic N) is 1. The third-order valence-corrected chi connectivity index (χ3v) is 7.95. The molecule has 1 N–H and O–H groups in total. The Morgan fingerprint density at radius 2 is 1.80 bits per heavy atom. The molecule has 0 aromatic heterocycles. The van der Waals surface area contributed by atoms with Crippen molar-refractivity contribution in [2.24, 2.45) is 5.92 Å². The Kier molecular flexibility index (Phi) is 7.73. The molecule has 3 aromatic rings. The lowest BCUT2D eigenvalue weighted by atomic mass is 9.99. The second-order valence-electron chi connectivity index (χ2n) is 8.64. The highest BCUT2D eigenvalue weighted by molar-refractivity contribution is 7.89. The zero-order chi connectivity index (χ0) is 24.8. The number of ether oxygens (including phenoxy) is 2. The number of piperidine rings is 1. The first kappa shape index (κ1) is 24.8. The molecule has 4 rings (SSSR count). The Balaban J connectivity index is 1.38. The topological polar surface area (TPSA) is 84.9 Å². The fourth-order valence-electron chi connectivity index (χ4n) is 4.12. The van der Waals surface area contributed by atoms with Gasteiger partial charge in [0.25, 0.3) is 0 Å². The quantitative estimate of drug-likeness (QED) is 0.494. The van der Waals surface area contributed by atoms with Gasteiger partial charge in [-0.2, -0.15) is 4.31 Å². The first-order chi connectivity index (χ1) is 16.9. The molecule has 1 amide bonds. The zero-order valence-corrected chi connectivity index (χ0v) is 20.8. The molecular formula is C27H30N2O5S. The number of amides is 1. The molecule has 0 spiro atoms. The summed E-state index contributed by atoms with van der Waals surface area (Å²) in [6, 6.07) is 22.1. The number of nitrogens with one attached hydrogen (secondary N) is 1. The minimum absolute atomic E-state index is 0.129. The second kappa shape index (κ2) is 10.9. The third-order valence-electron chi connectivity index (χ3n) is 6.06. The van der Waals surface area contributed by atoms with Gasteiger partial charge in [0.15, 0.2) is 0 Å². The van der Waals surface area contributed by atoms with Crippen molar-refractivity contribution in [3.63, 3.8) is 0 Å². The van der Waals surface area contributed by atoms with Crippen molar-refractivity contribution >= 4 is 21.6 Å². The number of aryl methyl sites for hydroxylation is 1. The summed E-state index contributed by atoms with van der Waals surface area (Å²) in [4.78, 5) is 13.1. The molecule has 35 heavy (non-hydrogen) atoms. The van der Waals surface area contributed by atoms with E-state index in [1.807, 2.05) is 43.3 Å². The first-order valence-corrected chi connectivity index (χ1v) is 13.0. The Hall–Kier alpha value is -3.36. The van der Waals surface area contributed by atoms with Gasteiger partial charge < -0.3 is 14.8 Å². The predicted octanol–water partition coefficient (Wildman–Crippen LogP) is 4.62. The van der Waals surface area contributed by atoms with Crippen LogP contribution in [0.4, 0.5) is 5.69 Å². The van der Waals surface area contributed by atoms with Crippen molar-refractivity contribution < 1.29 is 22.7 Å². The highest BCUT2D eigenvalue weighted by Gasteiger charge is 2.35. The molecule has 1 heterocycles. The van der Waals surface area contributed by atoms with Gasteiger partial charge in [-0.1, -0.05) is 36.4 Å². The lowest BCUT2D eigenvalue weighted by Crippen LogP contribution is -2.43. The molecule has 1 aliphatic heterocycles. The fourth-order valence-corrected chi connectivity index (χ4v) is 5.88. The van der Waals surface area contributed by atoms with Crippen LogP contribution in [-0.4, -0.2) is 38.8 Å². The molecule has 0 radical (unpaired) electrons. The number of carbonyl (C=O) groups excluding carboxylic acids is 1. The third kappa shape index (κ3) is 6.01. The van der Waals surface area contributed by atoms with Gasteiger partial charge in [0.2, 0.25) is 15.9 Å². The van der Waals surface area contributed by atoms with E-state index < -0.39 is 15.9 Å². The van der Waals surface area contributed by atoms with Gasteiger partial charge in [-0.05, 0) is 67.3 Å². The minimum Gasteiger partial charge on any atom is -0.495 e. The average Bonchev–Trinajstić information content (AvgIpc) is 2.89. The van der Waals surface area contributed by atoms with Crippen molar-refractivity contribution in [3.05, 3.63) is 83.9 Å². The average molecular weight is 495 g/mol. The van der Waals surface area contributed by atoms with Gasteiger partial charge in [-0.3, -0.25) is 4.79 Å². The monoisotopic (exact) mass is 494 g/mol. The highest BCUT2D eigenvalue weighted by Crippen LogP contribution is 2.31. The molecule has 0 saturated carbocycles. The predicted molar refractivity (Wildman–Crippen MR) is 135 cm³/mol. The van der Waals surface area contributed by atoms with Crippen molar-refractivity contribution in [1.29, 1.82) is 0 Å². The lowest BCUT2D eigenvalue weighted by Gasteiger charge is -2.31. The van der Waals surface area contributed by atoms with E-state index in [0.29, 0.717) is 43.2 Å². The Morgan fingerprint density at radius 3 is 2.51 bits per heavy atom. The number of hydrogen-bond acceptors (Lipinski definition) is 5. The molecule has 1 fully saturated rings. The van der Waals surface area contributed by atoms with Crippen molar-refractivity contribution in [1.82, 2.24) is 4.31 Å². The van der Waals surface area contributed by atoms with E-state index in [0.717, 1.165) is 11.1 Å². The van der Waals surface area contributed by atoms with E-state index in [2.05, 4.69) is 5.32 Å². The molecule has 1 aliphatic rings. The fraction of sp³-hybridized carbons (Fsp3) is 0.296.